The number of amides is 2. The maximum absolute atomic E-state index is 11.4. The van der Waals surface area contributed by atoms with Gasteiger partial charge in [0.05, 0.1) is 0 Å². The standard InChI is InChI=1S/C7H8IN2O6/c11-4-2-10(8-7(15)16)5(12)1-9(4)3-6(13)14/h1-3H2,(H,13,14)(H,15,16)/q-1. The number of piperazine rings is 1. The Morgan fingerprint density at radius 3 is 2.31 bits per heavy atom. The quantitative estimate of drug-likeness (QED) is 0.302. The molecule has 0 bridgehead atoms. The van der Waals surface area contributed by atoms with Crippen LogP contribution in [0, 0.1) is 0 Å². The SMILES string of the molecule is O=C(O)CN1CC(=O)N([I-]C(=O)O)CC1=O. The molecular formula is C7H8IN2O6-. The van der Waals surface area contributed by atoms with E-state index in [1.165, 1.54) is 0 Å². The summed E-state index contributed by atoms with van der Waals surface area (Å²) in [6.45, 7) is -1.24. The topological polar surface area (TPSA) is 115 Å². The minimum absolute atomic E-state index is 0.342. The first-order chi connectivity index (χ1) is 7.40. The van der Waals surface area contributed by atoms with Crippen LogP contribution in [0.5, 0.6) is 0 Å². The van der Waals surface area contributed by atoms with Crippen LogP contribution in [0.3, 0.4) is 0 Å². The summed E-state index contributed by atoms with van der Waals surface area (Å²) in [5.74, 6) is -2.26. The fraction of sp³-hybridized carbons (Fsp3) is 0.429. The fourth-order valence-corrected chi connectivity index (χ4v) is 2.49. The van der Waals surface area contributed by atoms with Crippen LogP contribution in [-0.4, -0.2) is 59.6 Å². The van der Waals surface area contributed by atoms with Gasteiger partial charge in [0.15, 0.2) is 0 Å². The van der Waals surface area contributed by atoms with E-state index in [0.29, 0.717) is 0 Å². The van der Waals surface area contributed by atoms with E-state index in [1.54, 1.807) is 0 Å². The molecule has 1 aliphatic rings. The number of aliphatic carboxylic acids is 1. The Morgan fingerprint density at radius 2 is 1.81 bits per heavy atom. The van der Waals surface area contributed by atoms with Gasteiger partial charge < -0.3 is 0 Å². The van der Waals surface area contributed by atoms with Crippen LogP contribution in [-0.2, 0) is 14.4 Å². The van der Waals surface area contributed by atoms with Crippen molar-refractivity contribution < 1.29 is 50.9 Å². The van der Waals surface area contributed by atoms with Crippen molar-refractivity contribution in [1.29, 1.82) is 0 Å². The van der Waals surface area contributed by atoms with Gasteiger partial charge in [0, 0.05) is 0 Å². The molecule has 0 spiro atoms. The molecule has 8 nitrogen and oxygen atoms in total. The summed E-state index contributed by atoms with van der Waals surface area (Å²) in [5, 5.41) is 17.0. The van der Waals surface area contributed by atoms with Crippen molar-refractivity contribution in [3.8, 4) is 0 Å². The Morgan fingerprint density at radius 1 is 1.19 bits per heavy atom. The van der Waals surface area contributed by atoms with E-state index in [-0.39, 0.29) is 13.1 Å². The second kappa shape index (κ2) is 5.09. The van der Waals surface area contributed by atoms with Crippen molar-refractivity contribution in [2.24, 2.45) is 0 Å². The van der Waals surface area contributed by atoms with Gasteiger partial charge in [-0.1, -0.05) is 0 Å². The van der Waals surface area contributed by atoms with Crippen molar-refractivity contribution in [3.05, 3.63) is 0 Å². The third kappa shape index (κ3) is 3.32. The monoisotopic (exact) mass is 343 g/mol. The molecule has 1 fully saturated rings. The van der Waals surface area contributed by atoms with Crippen LogP contribution < -0.4 is 21.5 Å². The van der Waals surface area contributed by atoms with Crippen LogP contribution in [0.1, 0.15) is 0 Å². The summed E-state index contributed by atoms with van der Waals surface area (Å²) < 4.78 is -0.117. The molecule has 0 aromatic heterocycles. The van der Waals surface area contributed by atoms with Gasteiger partial charge in [-0.15, -0.1) is 0 Å². The number of carbonyl (C=O) groups excluding carboxylic acids is 2. The van der Waals surface area contributed by atoms with E-state index in [0.717, 1.165) is 8.01 Å². The van der Waals surface area contributed by atoms with E-state index in [1.807, 2.05) is 0 Å². The molecule has 2 amide bonds. The molecular weight excluding hydrogens is 335 g/mol. The van der Waals surface area contributed by atoms with Crippen LogP contribution >= 0.6 is 0 Å². The van der Waals surface area contributed by atoms with Crippen molar-refractivity contribution in [1.82, 2.24) is 8.01 Å². The van der Waals surface area contributed by atoms with Gasteiger partial charge in [0.25, 0.3) is 0 Å². The average Bonchev–Trinajstić information content (AvgIpc) is 2.11. The molecule has 0 saturated carbocycles. The Hall–Kier alpha value is -1.39. The third-order valence-corrected chi connectivity index (χ3v) is 3.60. The van der Waals surface area contributed by atoms with Crippen LogP contribution in [0.25, 0.3) is 0 Å². The number of nitrogens with zero attached hydrogens (tertiary/aromatic N) is 2. The molecule has 2 N–H and O–H groups in total. The molecule has 16 heavy (non-hydrogen) atoms. The summed E-state index contributed by atoms with van der Waals surface area (Å²) in [7, 11) is 0. The maximum atomic E-state index is 11.4. The number of carbonyl (C=O) groups is 4. The molecule has 0 radical (unpaired) electrons. The van der Waals surface area contributed by atoms with Gasteiger partial charge in [-0.3, -0.25) is 0 Å². The van der Waals surface area contributed by atoms with Crippen LogP contribution in [0.15, 0.2) is 0 Å². The molecule has 1 heterocycles. The Balaban J connectivity index is 2.63. The van der Waals surface area contributed by atoms with E-state index in [2.05, 4.69) is 0 Å². The molecule has 90 valence electrons. The number of hydrogen-bond acceptors (Lipinski definition) is 4. The Bertz CT molecular complexity index is 323. The number of carboxylic acid groups (broad SMARTS) is 2. The first-order valence-corrected chi connectivity index (χ1v) is 6.12. The van der Waals surface area contributed by atoms with Crippen molar-refractivity contribution >= 4 is 21.8 Å². The predicted molar refractivity (Wildman–Crippen MR) is 44.0 cm³/mol. The number of rotatable bonds is 4. The average molecular weight is 343 g/mol. The van der Waals surface area contributed by atoms with E-state index < -0.39 is 49.8 Å². The summed E-state index contributed by atoms with van der Waals surface area (Å²) >= 11 is -1.56. The first kappa shape index (κ1) is 12.7. The Kier molecular flexibility index (Phi) is 4.04. The number of halogens is 1. The molecule has 1 aliphatic heterocycles. The predicted octanol–water partition coefficient (Wildman–Crippen LogP) is -4.58. The van der Waals surface area contributed by atoms with Gasteiger partial charge in [-0.25, -0.2) is 0 Å². The Labute approximate surface area is 100 Å². The second-order valence-electron chi connectivity index (χ2n) is 2.90. The van der Waals surface area contributed by atoms with Gasteiger partial charge >= 0.3 is 100 Å². The molecule has 0 aromatic rings. The zero-order chi connectivity index (χ0) is 12.3. The summed E-state index contributed by atoms with van der Waals surface area (Å²) in [6.07, 6.45) is 0. The normalized spacial score (nSPS) is 16.8. The second-order valence-corrected chi connectivity index (χ2v) is 5.46. The molecule has 0 aromatic carbocycles. The van der Waals surface area contributed by atoms with E-state index >= 15 is 0 Å². The fourth-order valence-electron chi connectivity index (χ4n) is 1.11. The van der Waals surface area contributed by atoms with E-state index in [4.69, 9.17) is 10.2 Å². The summed E-state index contributed by atoms with van der Waals surface area (Å²) in [4.78, 5) is 44.4. The van der Waals surface area contributed by atoms with Gasteiger partial charge in [0.1, 0.15) is 0 Å². The van der Waals surface area contributed by atoms with Gasteiger partial charge in [-0.2, -0.15) is 0 Å². The molecule has 0 aliphatic carbocycles. The zero-order valence-electron chi connectivity index (χ0n) is 7.92. The number of carboxylic acids is 1. The third-order valence-electron chi connectivity index (χ3n) is 1.72. The summed E-state index contributed by atoms with van der Waals surface area (Å²) in [6, 6.07) is 0. The van der Waals surface area contributed by atoms with E-state index in [9.17, 15) is 19.2 Å². The molecule has 1 rings (SSSR count). The molecule has 0 unspecified atom stereocenters. The first-order valence-electron chi connectivity index (χ1n) is 4.08. The van der Waals surface area contributed by atoms with Gasteiger partial charge in [0.2, 0.25) is 0 Å². The number of hydrogen-bond donors (Lipinski definition) is 2. The van der Waals surface area contributed by atoms with Gasteiger partial charge in [-0.05, 0) is 0 Å². The van der Waals surface area contributed by atoms with Crippen LogP contribution in [0.4, 0.5) is 4.79 Å². The van der Waals surface area contributed by atoms with Crippen LogP contribution in [0.2, 0.25) is 0 Å². The zero-order valence-corrected chi connectivity index (χ0v) is 10.1. The minimum atomic E-state index is -1.56. The van der Waals surface area contributed by atoms with Crippen molar-refractivity contribution in [2.45, 2.75) is 0 Å². The van der Waals surface area contributed by atoms with Crippen molar-refractivity contribution in [3.63, 3.8) is 0 Å². The molecule has 0 atom stereocenters. The summed E-state index contributed by atoms with van der Waals surface area (Å²) in [5.41, 5.74) is 0. The van der Waals surface area contributed by atoms with Crippen molar-refractivity contribution in [2.75, 3.05) is 19.6 Å². The molecule has 9 heteroatoms. The molecule has 1 saturated heterocycles.